The molecule has 7 nitrogen and oxygen atoms in total. The number of rotatable bonds is 8. The van der Waals surface area contributed by atoms with Gasteiger partial charge in [0.25, 0.3) is 0 Å². The maximum absolute atomic E-state index is 11.7. The molecule has 0 radical (unpaired) electrons. The smallest absolute Gasteiger partial charge is 0.221 e. The molecular weight excluding hydrogens is 479 g/mol. The predicted molar refractivity (Wildman–Crippen MR) is 120 cm³/mol. The van der Waals surface area contributed by atoms with E-state index in [2.05, 4.69) is 20.9 Å². The summed E-state index contributed by atoms with van der Waals surface area (Å²) in [6, 6.07) is 5.35. The molecule has 0 fully saturated rings. The monoisotopic (exact) mass is 510 g/mol. The Balaban J connectivity index is 0.00000676. The molecule has 0 spiro atoms. The van der Waals surface area contributed by atoms with Crippen molar-refractivity contribution in [1.29, 1.82) is 0 Å². The van der Waals surface area contributed by atoms with Gasteiger partial charge < -0.3 is 16.0 Å². The standard InChI is InChI=1S/C18H30N4O3S.HI/c1-6-19-18(20-10-9-17(23)22-13(2)3)21-12-15-7-8-16(14(4)11-15)26(5,24)25;/h7-8,11,13H,6,9-10,12H2,1-5H3,(H,22,23)(H2,19,20,21);1H. The number of aryl methyl sites for hydroxylation is 1. The van der Waals surface area contributed by atoms with Gasteiger partial charge in [-0.1, -0.05) is 12.1 Å². The highest BCUT2D eigenvalue weighted by Gasteiger charge is 2.10. The van der Waals surface area contributed by atoms with Crippen molar-refractivity contribution in [3.05, 3.63) is 29.3 Å². The fourth-order valence-electron chi connectivity index (χ4n) is 2.43. The molecule has 1 aromatic carbocycles. The lowest BCUT2D eigenvalue weighted by atomic mass is 10.1. The lowest BCUT2D eigenvalue weighted by Gasteiger charge is -2.12. The maximum atomic E-state index is 11.7. The molecular formula is C18H31IN4O3S. The normalized spacial score (nSPS) is 11.7. The second-order valence-corrected chi connectivity index (χ2v) is 8.45. The molecule has 0 unspecified atom stereocenters. The molecule has 0 aromatic heterocycles. The third-order valence-electron chi connectivity index (χ3n) is 3.50. The van der Waals surface area contributed by atoms with E-state index in [1.54, 1.807) is 19.1 Å². The summed E-state index contributed by atoms with van der Waals surface area (Å²) in [5, 5.41) is 9.10. The van der Waals surface area contributed by atoms with Crippen LogP contribution in [0.15, 0.2) is 28.1 Å². The number of benzene rings is 1. The van der Waals surface area contributed by atoms with E-state index in [9.17, 15) is 13.2 Å². The molecule has 0 aliphatic carbocycles. The summed E-state index contributed by atoms with van der Waals surface area (Å²) in [6.07, 6.45) is 1.57. The van der Waals surface area contributed by atoms with Crippen LogP contribution in [0.3, 0.4) is 0 Å². The van der Waals surface area contributed by atoms with Crippen LogP contribution in [-0.4, -0.2) is 45.7 Å². The van der Waals surface area contributed by atoms with Crippen molar-refractivity contribution in [2.24, 2.45) is 4.99 Å². The van der Waals surface area contributed by atoms with E-state index in [0.29, 0.717) is 42.5 Å². The van der Waals surface area contributed by atoms with Gasteiger partial charge in [-0.25, -0.2) is 13.4 Å². The van der Waals surface area contributed by atoms with Gasteiger partial charge in [-0.2, -0.15) is 0 Å². The van der Waals surface area contributed by atoms with E-state index in [1.807, 2.05) is 26.8 Å². The van der Waals surface area contributed by atoms with E-state index in [0.717, 1.165) is 5.56 Å². The van der Waals surface area contributed by atoms with Crippen molar-refractivity contribution in [2.45, 2.75) is 51.6 Å². The molecule has 0 aliphatic heterocycles. The Kier molecular flexibility index (Phi) is 11.6. The first-order valence-corrected chi connectivity index (χ1v) is 10.6. The first kappa shape index (κ1) is 25.6. The van der Waals surface area contributed by atoms with Gasteiger partial charge in [0.1, 0.15) is 0 Å². The van der Waals surface area contributed by atoms with Crippen molar-refractivity contribution in [3.63, 3.8) is 0 Å². The molecule has 154 valence electrons. The number of carbonyl (C=O) groups is 1. The Morgan fingerprint density at radius 1 is 1.22 bits per heavy atom. The van der Waals surface area contributed by atoms with E-state index >= 15 is 0 Å². The highest BCUT2D eigenvalue weighted by molar-refractivity contribution is 14.0. The predicted octanol–water partition coefficient (Wildman–Crippen LogP) is 1.99. The second-order valence-electron chi connectivity index (χ2n) is 6.47. The Morgan fingerprint density at radius 3 is 2.41 bits per heavy atom. The minimum atomic E-state index is -3.22. The highest BCUT2D eigenvalue weighted by Crippen LogP contribution is 2.17. The molecule has 27 heavy (non-hydrogen) atoms. The number of nitrogens with one attached hydrogen (secondary N) is 3. The van der Waals surface area contributed by atoms with Gasteiger partial charge >= 0.3 is 0 Å². The van der Waals surface area contributed by atoms with Crippen LogP contribution >= 0.6 is 24.0 Å². The Labute approximate surface area is 179 Å². The molecule has 0 atom stereocenters. The average Bonchev–Trinajstić information content (AvgIpc) is 2.50. The maximum Gasteiger partial charge on any atom is 0.221 e. The topological polar surface area (TPSA) is 99.7 Å². The summed E-state index contributed by atoms with van der Waals surface area (Å²) >= 11 is 0. The van der Waals surface area contributed by atoms with Crippen molar-refractivity contribution in [1.82, 2.24) is 16.0 Å². The minimum Gasteiger partial charge on any atom is -0.357 e. The van der Waals surface area contributed by atoms with Crippen LogP contribution in [0.1, 0.15) is 38.3 Å². The summed E-state index contributed by atoms with van der Waals surface area (Å²) in [7, 11) is -3.22. The molecule has 0 saturated carbocycles. The summed E-state index contributed by atoms with van der Waals surface area (Å²) in [4.78, 5) is 16.5. The van der Waals surface area contributed by atoms with Crippen LogP contribution < -0.4 is 16.0 Å². The SMILES string of the molecule is CCNC(=NCc1ccc(S(C)(=O)=O)c(C)c1)NCCC(=O)NC(C)C.I. The number of hydrogen-bond acceptors (Lipinski definition) is 4. The van der Waals surface area contributed by atoms with Crippen LogP contribution in [0.5, 0.6) is 0 Å². The van der Waals surface area contributed by atoms with Gasteiger partial charge in [-0.15, -0.1) is 24.0 Å². The third kappa shape index (κ3) is 9.94. The van der Waals surface area contributed by atoms with Crippen LogP contribution in [-0.2, 0) is 21.2 Å². The zero-order valence-corrected chi connectivity index (χ0v) is 19.8. The lowest BCUT2D eigenvalue weighted by molar-refractivity contribution is -0.121. The van der Waals surface area contributed by atoms with Crippen LogP contribution in [0, 0.1) is 6.92 Å². The van der Waals surface area contributed by atoms with E-state index < -0.39 is 9.84 Å². The Bertz CT molecular complexity index is 749. The number of carbonyl (C=O) groups excluding carboxylic acids is 1. The van der Waals surface area contributed by atoms with E-state index in [4.69, 9.17) is 0 Å². The van der Waals surface area contributed by atoms with Gasteiger partial charge in [0.05, 0.1) is 11.4 Å². The molecule has 0 aliphatic rings. The second kappa shape index (κ2) is 12.2. The first-order chi connectivity index (χ1) is 12.1. The molecule has 0 bridgehead atoms. The molecule has 0 saturated heterocycles. The lowest BCUT2D eigenvalue weighted by Crippen LogP contribution is -2.40. The number of guanidine groups is 1. The fourth-order valence-corrected chi connectivity index (χ4v) is 3.39. The number of halogens is 1. The van der Waals surface area contributed by atoms with Crippen LogP contribution in [0.4, 0.5) is 0 Å². The van der Waals surface area contributed by atoms with Crippen LogP contribution in [0.25, 0.3) is 0 Å². The first-order valence-electron chi connectivity index (χ1n) is 8.74. The van der Waals surface area contributed by atoms with Gasteiger partial charge in [-0.05, 0) is 44.9 Å². The van der Waals surface area contributed by atoms with Gasteiger partial charge in [0.2, 0.25) is 5.91 Å². The average molecular weight is 510 g/mol. The molecule has 0 heterocycles. The van der Waals surface area contributed by atoms with E-state index in [1.165, 1.54) is 6.26 Å². The van der Waals surface area contributed by atoms with Crippen molar-refractivity contribution in [2.75, 3.05) is 19.3 Å². The van der Waals surface area contributed by atoms with Gasteiger partial charge in [0, 0.05) is 31.8 Å². The number of nitrogens with zero attached hydrogens (tertiary/aromatic N) is 1. The summed E-state index contributed by atoms with van der Waals surface area (Å²) in [5.41, 5.74) is 1.63. The zero-order valence-electron chi connectivity index (χ0n) is 16.6. The molecule has 1 rings (SSSR count). The minimum absolute atomic E-state index is 0. The largest absolute Gasteiger partial charge is 0.357 e. The number of hydrogen-bond donors (Lipinski definition) is 3. The van der Waals surface area contributed by atoms with Gasteiger partial charge in [0.15, 0.2) is 15.8 Å². The number of sulfone groups is 1. The van der Waals surface area contributed by atoms with Crippen molar-refractivity contribution < 1.29 is 13.2 Å². The summed E-state index contributed by atoms with van der Waals surface area (Å²) < 4.78 is 23.4. The molecule has 1 aromatic rings. The number of amides is 1. The van der Waals surface area contributed by atoms with Crippen LogP contribution in [0.2, 0.25) is 0 Å². The molecule has 3 N–H and O–H groups in total. The molecule has 9 heteroatoms. The van der Waals surface area contributed by atoms with Crippen molar-refractivity contribution in [3.8, 4) is 0 Å². The molecule has 1 amide bonds. The van der Waals surface area contributed by atoms with Crippen molar-refractivity contribution >= 4 is 45.7 Å². The highest BCUT2D eigenvalue weighted by atomic mass is 127. The quantitative estimate of drug-likeness (QED) is 0.282. The zero-order chi connectivity index (χ0) is 19.7. The summed E-state index contributed by atoms with van der Waals surface area (Å²) in [6.45, 7) is 9.20. The van der Waals surface area contributed by atoms with Gasteiger partial charge in [-0.3, -0.25) is 4.79 Å². The van der Waals surface area contributed by atoms with E-state index in [-0.39, 0.29) is 35.9 Å². The third-order valence-corrected chi connectivity index (χ3v) is 4.75. The Hall–Kier alpha value is -1.36. The Morgan fingerprint density at radius 2 is 1.89 bits per heavy atom. The summed E-state index contributed by atoms with van der Waals surface area (Å²) in [5.74, 6) is 0.616. The fraction of sp³-hybridized carbons (Fsp3) is 0.556. The number of aliphatic imine (C=N–C) groups is 1.